The van der Waals surface area contributed by atoms with Gasteiger partial charge >= 0.3 is 0 Å². The lowest BCUT2D eigenvalue weighted by Crippen LogP contribution is -2.03. The topological polar surface area (TPSA) is 52.1 Å². The molecule has 0 N–H and O–H groups in total. The first kappa shape index (κ1) is 13.4. The number of methoxy groups -OCH3 is 1. The number of hydrogen-bond acceptors (Lipinski definition) is 4. The summed E-state index contributed by atoms with van der Waals surface area (Å²) in [5.41, 5.74) is 0.431. The zero-order valence-electron chi connectivity index (χ0n) is 10.2. The van der Waals surface area contributed by atoms with Crippen molar-refractivity contribution in [1.82, 2.24) is 9.97 Å². The molecule has 0 aromatic carbocycles. The van der Waals surface area contributed by atoms with Crippen molar-refractivity contribution in [3.05, 3.63) is 30.7 Å². The summed E-state index contributed by atoms with van der Waals surface area (Å²) in [6.07, 6.45) is 7.80. The fourth-order valence-corrected chi connectivity index (χ4v) is 1.48. The summed E-state index contributed by atoms with van der Waals surface area (Å²) in [4.78, 5) is 19.6. The van der Waals surface area contributed by atoms with Gasteiger partial charge in [0, 0.05) is 12.5 Å². The Bertz CT molecular complexity index is 377. The maximum absolute atomic E-state index is 11.8. The average molecular weight is 234 g/mol. The van der Waals surface area contributed by atoms with E-state index in [9.17, 15) is 4.79 Å². The Kier molecular flexibility index (Phi) is 5.93. The summed E-state index contributed by atoms with van der Waals surface area (Å²) in [6, 6.07) is 1.58. The molecule has 0 unspecified atom stereocenters. The van der Waals surface area contributed by atoms with Gasteiger partial charge in [-0.2, -0.15) is 0 Å². The maximum atomic E-state index is 11.8. The quantitative estimate of drug-likeness (QED) is 0.394. The number of aromatic nitrogens is 2. The summed E-state index contributed by atoms with van der Waals surface area (Å²) in [5.74, 6) is 0.472. The van der Waals surface area contributed by atoms with Crippen molar-refractivity contribution < 1.29 is 9.53 Å². The summed E-state index contributed by atoms with van der Waals surface area (Å²) in [6.45, 7) is 3.66. The Labute approximate surface area is 102 Å². The first-order chi connectivity index (χ1) is 8.27. The molecule has 0 aliphatic heterocycles. The highest BCUT2D eigenvalue weighted by molar-refractivity contribution is 5.94. The van der Waals surface area contributed by atoms with E-state index in [1.54, 1.807) is 6.07 Å². The largest absolute Gasteiger partial charge is 0.481 e. The average Bonchev–Trinajstić information content (AvgIpc) is 2.38. The fourth-order valence-electron chi connectivity index (χ4n) is 1.48. The Morgan fingerprint density at radius 3 is 2.94 bits per heavy atom. The highest BCUT2D eigenvalue weighted by atomic mass is 16.5. The number of rotatable bonds is 8. The third kappa shape index (κ3) is 4.76. The first-order valence-electron chi connectivity index (χ1n) is 5.78. The lowest BCUT2D eigenvalue weighted by molar-refractivity contribution is 0.0973. The van der Waals surface area contributed by atoms with Crippen molar-refractivity contribution in [2.24, 2.45) is 0 Å². The van der Waals surface area contributed by atoms with Gasteiger partial charge in [-0.15, -0.1) is 6.58 Å². The van der Waals surface area contributed by atoms with E-state index in [1.807, 2.05) is 6.08 Å². The zero-order chi connectivity index (χ0) is 12.5. The van der Waals surface area contributed by atoms with Crippen LogP contribution >= 0.6 is 0 Å². The van der Waals surface area contributed by atoms with Crippen LogP contribution in [0.3, 0.4) is 0 Å². The van der Waals surface area contributed by atoms with E-state index < -0.39 is 0 Å². The molecule has 1 rings (SSSR count). The Balaban J connectivity index is 2.38. The zero-order valence-corrected chi connectivity index (χ0v) is 10.2. The number of ether oxygens (including phenoxy) is 1. The molecular weight excluding hydrogens is 216 g/mol. The molecule has 0 bridgehead atoms. The number of ketones is 1. The highest BCUT2D eigenvalue weighted by Crippen LogP contribution is 2.11. The van der Waals surface area contributed by atoms with Gasteiger partial charge in [0.25, 0.3) is 0 Å². The minimum atomic E-state index is 0.0457. The molecule has 0 fully saturated rings. The fraction of sp³-hybridized carbons (Fsp3) is 0.462. The van der Waals surface area contributed by atoms with Crippen molar-refractivity contribution in [2.75, 3.05) is 7.11 Å². The van der Waals surface area contributed by atoms with Crippen molar-refractivity contribution in [2.45, 2.75) is 32.1 Å². The first-order valence-corrected chi connectivity index (χ1v) is 5.78. The number of hydrogen-bond donors (Lipinski definition) is 0. The molecule has 4 nitrogen and oxygen atoms in total. The molecule has 0 spiro atoms. The molecule has 0 saturated carbocycles. The number of nitrogens with zero attached hydrogens (tertiary/aromatic N) is 2. The van der Waals surface area contributed by atoms with Crippen molar-refractivity contribution in [3.63, 3.8) is 0 Å². The summed E-state index contributed by atoms with van der Waals surface area (Å²) < 4.78 is 4.95. The molecular formula is C13H18N2O2. The van der Waals surface area contributed by atoms with E-state index in [-0.39, 0.29) is 5.78 Å². The number of allylic oxidation sites excluding steroid dienone is 1. The van der Waals surface area contributed by atoms with E-state index in [0.29, 0.717) is 18.0 Å². The smallest absolute Gasteiger partial charge is 0.216 e. The number of carbonyl (C=O) groups is 1. The monoisotopic (exact) mass is 234 g/mol. The van der Waals surface area contributed by atoms with Gasteiger partial charge in [-0.3, -0.25) is 4.79 Å². The van der Waals surface area contributed by atoms with Crippen molar-refractivity contribution >= 4 is 5.78 Å². The van der Waals surface area contributed by atoms with Crippen LogP contribution in [0.4, 0.5) is 0 Å². The van der Waals surface area contributed by atoms with Gasteiger partial charge in [-0.05, 0) is 19.3 Å². The second kappa shape index (κ2) is 7.54. The number of carbonyl (C=O) groups excluding carboxylic acids is 1. The minimum absolute atomic E-state index is 0.0457. The second-order valence-corrected chi connectivity index (χ2v) is 3.76. The van der Waals surface area contributed by atoms with Crippen LogP contribution in [0.1, 0.15) is 42.6 Å². The third-order valence-corrected chi connectivity index (χ3v) is 2.45. The van der Waals surface area contributed by atoms with E-state index in [2.05, 4.69) is 16.5 Å². The standard InChI is InChI=1S/C13H18N2O2/c1-3-4-5-6-7-8-12(16)11-9-13(17-2)15-10-14-11/h3,9-10H,1,4-8H2,2H3. The van der Waals surface area contributed by atoms with Crippen LogP contribution in [0.25, 0.3) is 0 Å². The molecule has 0 atom stereocenters. The molecule has 0 radical (unpaired) electrons. The molecule has 0 aliphatic carbocycles. The molecule has 1 aromatic rings. The van der Waals surface area contributed by atoms with E-state index in [0.717, 1.165) is 25.7 Å². The predicted octanol–water partition coefficient (Wildman–Crippen LogP) is 2.80. The predicted molar refractivity (Wildman–Crippen MR) is 66.2 cm³/mol. The molecule has 4 heteroatoms. The van der Waals surface area contributed by atoms with E-state index in [1.165, 1.54) is 13.4 Å². The van der Waals surface area contributed by atoms with Crippen molar-refractivity contribution in [3.8, 4) is 5.88 Å². The molecule has 92 valence electrons. The van der Waals surface area contributed by atoms with Crippen LogP contribution in [-0.2, 0) is 0 Å². The normalized spacial score (nSPS) is 9.94. The van der Waals surface area contributed by atoms with Crippen molar-refractivity contribution in [1.29, 1.82) is 0 Å². The number of unbranched alkanes of at least 4 members (excludes halogenated alkanes) is 3. The molecule has 0 amide bonds. The lowest BCUT2D eigenvalue weighted by atomic mass is 10.1. The van der Waals surface area contributed by atoms with Crippen LogP contribution in [0, 0.1) is 0 Å². The third-order valence-electron chi connectivity index (χ3n) is 2.45. The van der Waals surface area contributed by atoms with E-state index in [4.69, 9.17) is 4.74 Å². The Morgan fingerprint density at radius 2 is 2.24 bits per heavy atom. The van der Waals surface area contributed by atoms with Crippen LogP contribution in [0.15, 0.2) is 25.0 Å². The van der Waals surface area contributed by atoms with Gasteiger partial charge in [0.1, 0.15) is 12.0 Å². The van der Waals surface area contributed by atoms with Crippen LogP contribution < -0.4 is 4.74 Å². The maximum Gasteiger partial charge on any atom is 0.216 e. The van der Waals surface area contributed by atoms with Gasteiger partial charge in [0.2, 0.25) is 5.88 Å². The summed E-state index contributed by atoms with van der Waals surface area (Å²) >= 11 is 0. The molecule has 1 aromatic heterocycles. The SMILES string of the molecule is C=CCCCCCC(=O)c1cc(OC)ncn1. The van der Waals surface area contributed by atoms with Gasteiger partial charge in [-0.25, -0.2) is 9.97 Å². The molecule has 0 aliphatic rings. The molecule has 1 heterocycles. The van der Waals surface area contributed by atoms with Gasteiger partial charge < -0.3 is 4.74 Å². The highest BCUT2D eigenvalue weighted by Gasteiger charge is 2.08. The van der Waals surface area contributed by atoms with Crippen LogP contribution in [-0.4, -0.2) is 22.9 Å². The van der Waals surface area contributed by atoms with Gasteiger partial charge in [0.05, 0.1) is 7.11 Å². The van der Waals surface area contributed by atoms with Gasteiger partial charge in [0.15, 0.2) is 5.78 Å². The molecule has 0 saturated heterocycles. The van der Waals surface area contributed by atoms with Crippen LogP contribution in [0.2, 0.25) is 0 Å². The summed E-state index contributed by atoms with van der Waals surface area (Å²) in [7, 11) is 1.52. The van der Waals surface area contributed by atoms with Gasteiger partial charge in [-0.1, -0.05) is 12.5 Å². The minimum Gasteiger partial charge on any atom is -0.481 e. The second-order valence-electron chi connectivity index (χ2n) is 3.76. The Hall–Kier alpha value is -1.71. The Morgan fingerprint density at radius 1 is 1.41 bits per heavy atom. The van der Waals surface area contributed by atoms with Crippen LogP contribution in [0.5, 0.6) is 5.88 Å². The van der Waals surface area contributed by atoms with E-state index >= 15 is 0 Å². The summed E-state index contributed by atoms with van der Waals surface area (Å²) in [5, 5.41) is 0. The lowest BCUT2D eigenvalue weighted by Gasteiger charge is -2.02. The number of Topliss-reactive ketones (excluding diaryl/α,β-unsaturated/α-hetero) is 1. The molecule has 17 heavy (non-hydrogen) atoms.